The highest BCUT2D eigenvalue weighted by Gasteiger charge is 2.37. The first-order valence-electron chi connectivity index (χ1n) is 18.9. The molecule has 0 saturated heterocycles. The third-order valence-electron chi connectivity index (χ3n) is 10.6. The molecule has 0 N–H and O–H groups in total. The van der Waals surface area contributed by atoms with E-state index in [-0.39, 0.29) is 55.0 Å². The predicted octanol–water partition coefficient (Wildman–Crippen LogP) is 1.55. The molecule has 0 atom stereocenters. The molecule has 2 aliphatic heterocycles. The van der Waals surface area contributed by atoms with Crippen molar-refractivity contribution in [2.45, 2.75) is 56.9 Å². The molecule has 3 aromatic carbocycles. The number of hydrogen-bond donors (Lipinski definition) is 0. The molecule has 0 radical (unpaired) electrons. The molecule has 56 heavy (non-hydrogen) atoms. The molecule has 2 aliphatic rings. The molecule has 0 unspecified atom stereocenters. The van der Waals surface area contributed by atoms with Crippen molar-refractivity contribution in [3.8, 4) is 0 Å². The molecule has 0 amide bonds. The number of thioether (sulfide) groups is 1. The van der Waals surface area contributed by atoms with Crippen molar-refractivity contribution < 1.29 is 50.8 Å². The van der Waals surface area contributed by atoms with Crippen LogP contribution in [0.1, 0.15) is 50.6 Å². The van der Waals surface area contributed by atoms with E-state index in [4.69, 9.17) is 0 Å². The van der Waals surface area contributed by atoms with E-state index in [0.29, 0.717) is 0 Å². The van der Waals surface area contributed by atoms with Crippen LogP contribution in [0.4, 0.5) is 11.4 Å². The first kappa shape index (κ1) is 51.6. The number of aryl methyl sites for hydroxylation is 1. The molecule has 3 heterocycles. The highest BCUT2D eigenvalue weighted by atomic mass is 35.5. The summed E-state index contributed by atoms with van der Waals surface area (Å²) in [6.07, 6.45) is 14.8. The van der Waals surface area contributed by atoms with Crippen molar-refractivity contribution in [2.75, 3.05) is 78.3 Å². The normalized spacial score (nSPS) is 15.2. The van der Waals surface area contributed by atoms with Crippen LogP contribution in [-0.4, -0.2) is 77.4 Å². The number of para-hydroxylation sites is 3. The number of hydrogen-bond acceptors (Lipinski definition) is 4. The topological polar surface area (TPSA) is 10.4 Å². The van der Waals surface area contributed by atoms with Gasteiger partial charge in [0.2, 0.25) is 5.52 Å². The Morgan fingerprint density at radius 3 is 1.98 bits per heavy atom. The van der Waals surface area contributed by atoms with Crippen LogP contribution in [0.2, 0.25) is 0 Å². The van der Waals surface area contributed by atoms with Crippen molar-refractivity contribution in [3.05, 3.63) is 125 Å². The average Bonchev–Trinajstić information content (AvgIpc) is 3.67. The van der Waals surface area contributed by atoms with Crippen molar-refractivity contribution in [3.63, 3.8) is 0 Å². The van der Waals surface area contributed by atoms with Crippen LogP contribution < -0.4 is 51.6 Å². The predicted molar refractivity (Wildman–Crippen MR) is 236 cm³/mol. The van der Waals surface area contributed by atoms with Crippen molar-refractivity contribution in [1.82, 2.24) is 0 Å². The summed E-state index contributed by atoms with van der Waals surface area (Å²) in [6.45, 7) is 16.9. The third kappa shape index (κ3) is 12.8. The van der Waals surface area contributed by atoms with E-state index >= 15 is 0 Å². The van der Waals surface area contributed by atoms with Gasteiger partial charge in [0.25, 0.3) is 5.01 Å². The molecule has 5 nitrogen and oxygen atoms in total. The number of halogens is 4. The van der Waals surface area contributed by atoms with Crippen molar-refractivity contribution in [1.29, 1.82) is 0 Å². The maximum atomic E-state index is 3.94. The molecule has 11 heteroatoms. The summed E-state index contributed by atoms with van der Waals surface area (Å²) in [5.74, 6) is 0. The Hall–Kier alpha value is -2.46. The number of rotatable bonds is 13. The lowest BCUT2D eigenvalue weighted by Crippen LogP contribution is -3.00. The summed E-state index contributed by atoms with van der Waals surface area (Å²) in [7, 11) is 13.8. The Labute approximate surface area is 371 Å². The first-order valence-corrected chi connectivity index (χ1v) is 20.5. The fourth-order valence-electron chi connectivity index (χ4n) is 7.62. The smallest absolute Gasteiger partial charge is 0.262 e. The van der Waals surface area contributed by atoms with E-state index in [1.807, 2.05) is 18.4 Å². The fraction of sp³-hybridized carbons (Fsp3) is 0.400. The van der Waals surface area contributed by atoms with Gasteiger partial charge in [0.05, 0.1) is 71.5 Å². The minimum absolute atomic E-state index is 0. The van der Waals surface area contributed by atoms with Gasteiger partial charge in [0, 0.05) is 54.4 Å². The number of fused-ring (bicyclic) bond motifs is 3. The average molecular weight is 880 g/mol. The summed E-state index contributed by atoms with van der Waals surface area (Å²) in [5.41, 5.74) is 6.65. The van der Waals surface area contributed by atoms with E-state index in [1.165, 1.54) is 88.2 Å². The molecule has 0 saturated carbocycles. The summed E-state index contributed by atoms with van der Waals surface area (Å²) in [5, 5.41) is 2.42. The molecular weight excluding hydrogens is 816 g/mol. The van der Waals surface area contributed by atoms with E-state index in [2.05, 4.69) is 180 Å². The molecule has 0 aliphatic carbocycles. The maximum absolute atomic E-state index is 3.94. The summed E-state index contributed by atoms with van der Waals surface area (Å²) in [6, 6.07) is 25.9. The molecular formula is C45H63Cl4N5S2. The van der Waals surface area contributed by atoms with Gasteiger partial charge in [-0.25, -0.2) is 0 Å². The van der Waals surface area contributed by atoms with Gasteiger partial charge in [-0.2, -0.15) is 4.57 Å². The van der Waals surface area contributed by atoms with E-state index in [1.54, 1.807) is 11.8 Å². The Balaban J connectivity index is 0.000000896. The quantitative estimate of drug-likeness (QED) is 0.115. The van der Waals surface area contributed by atoms with E-state index in [9.17, 15) is 0 Å². The Kier molecular flexibility index (Phi) is 20.8. The zero-order chi connectivity index (χ0) is 37.5. The second-order valence-corrected chi connectivity index (χ2v) is 18.2. The Morgan fingerprint density at radius 1 is 0.732 bits per heavy atom. The van der Waals surface area contributed by atoms with Crippen LogP contribution in [0.25, 0.3) is 16.3 Å². The van der Waals surface area contributed by atoms with Gasteiger partial charge >= 0.3 is 0 Å². The lowest BCUT2D eigenvalue weighted by Gasteiger charge is -2.33. The zero-order valence-electron chi connectivity index (χ0n) is 34.8. The monoisotopic (exact) mass is 877 g/mol. The van der Waals surface area contributed by atoms with Gasteiger partial charge in [-0.3, -0.25) is 0 Å². The molecule has 308 valence electrons. The van der Waals surface area contributed by atoms with Gasteiger partial charge in [-0.15, -0.1) is 12.4 Å². The molecule has 0 fully saturated rings. The van der Waals surface area contributed by atoms with Crippen LogP contribution >= 0.6 is 35.5 Å². The SMILES string of the molecule is C=C1Sc2ccccc2N1C.CCC[N+](C)(C)CCC[N+](C)(C)CCC[n+]1c(C=CC=CC=C2N(C)c3ccccc3C2(C)C)sc2ccccc21.Cl.[Cl-].[Cl-].[Cl-]. The van der Waals surface area contributed by atoms with E-state index < -0.39 is 0 Å². The van der Waals surface area contributed by atoms with Gasteiger partial charge in [0.1, 0.15) is 4.70 Å². The van der Waals surface area contributed by atoms with E-state index in [0.717, 1.165) is 20.5 Å². The Bertz CT molecular complexity index is 1950. The minimum Gasteiger partial charge on any atom is -1.00 e. The number of allylic oxidation sites excluding steroid dienone is 5. The van der Waals surface area contributed by atoms with Crippen LogP contribution in [0.3, 0.4) is 0 Å². The lowest BCUT2D eigenvalue weighted by molar-refractivity contribution is -0.910. The molecule has 0 bridgehead atoms. The first-order chi connectivity index (χ1) is 24.7. The number of benzene rings is 3. The summed E-state index contributed by atoms with van der Waals surface area (Å²) >= 11 is 3.62. The fourth-order valence-corrected chi connectivity index (χ4v) is 9.67. The van der Waals surface area contributed by atoms with Gasteiger partial charge in [-0.1, -0.05) is 111 Å². The van der Waals surface area contributed by atoms with Crippen LogP contribution in [0.15, 0.2) is 119 Å². The minimum atomic E-state index is 0. The number of thiazole rings is 1. The Morgan fingerprint density at radius 2 is 1.32 bits per heavy atom. The molecule has 1 aromatic heterocycles. The molecule has 0 spiro atoms. The van der Waals surface area contributed by atoms with Crippen LogP contribution in [0, 0.1) is 0 Å². The maximum Gasteiger partial charge on any atom is 0.262 e. The number of likely N-dealkylation sites (N-methyl/N-ethyl adjacent to an activating group) is 1. The summed E-state index contributed by atoms with van der Waals surface area (Å²) in [4.78, 5) is 5.74. The molecule has 4 aromatic rings. The number of quaternary nitrogens is 2. The van der Waals surface area contributed by atoms with Crippen LogP contribution in [0.5, 0.6) is 0 Å². The number of anilines is 2. The standard InChI is InChI=1S/C36H53N4S.C9H9NS.4ClH/c1-9-26-39(5,6)28-18-29-40(7,8)27-17-25-38-32-21-15-16-22-33(32)41-35(38)24-12-10-11-23-34-36(2,3)30-19-13-14-20-31(30)37(34)4;1-7-10(2)8-5-3-4-6-9(8)11-7;;;;/h10-16,19-24H,9,17-18,25-29H2,1-8H3;3-6H,1H2,2H3;4*1H/q+3;;;;;/p-3. The van der Waals surface area contributed by atoms with Gasteiger partial charge in [0.15, 0.2) is 6.54 Å². The van der Waals surface area contributed by atoms with Crippen LogP contribution in [-0.2, 0) is 12.0 Å². The number of nitrogens with zero attached hydrogens (tertiary/aromatic N) is 5. The van der Waals surface area contributed by atoms with Crippen molar-refractivity contribution >= 4 is 63.2 Å². The number of aromatic nitrogens is 1. The highest BCUT2D eigenvalue weighted by Crippen LogP contribution is 2.46. The largest absolute Gasteiger partial charge is 1.00 e. The van der Waals surface area contributed by atoms with Crippen molar-refractivity contribution in [2.24, 2.45) is 0 Å². The lowest BCUT2D eigenvalue weighted by atomic mass is 9.84. The van der Waals surface area contributed by atoms with Gasteiger partial charge < -0.3 is 56.0 Å². The second kappa shape index (κ2) is 22.6. The van der Waals surface area contributed by atoms with Gasteiger partial charge in [-0.05, 0) is 42.3 Å². The summed E-state index contributed by atoms with van der Waals surface area (Å²) < 4.78 is 6.10. The second-order valence-electron chi connectivity index (χ2n) is 16.1. The zero-order valence-corrected chi connectivity index (χ0v) is 39.5. The third-order valence-corrected chi connectivity index (χ3v) is 12.8. The highest BCUT2D eigenvalue weighted by molar-refractivity contribution is 8.03. The molecule has 6 rings (SSSR count).